The summed E-state index contributed by atoms with van der Waals surface area (Å²) in [6, 6.07) is 7.80. The summed E-state index contributed by atoms with van der Waals surface area (Å²) in [5.74, 6) is 0.123. The quantitative estimate of drug-likeness (QED) is 0.774. The van der Waals surface area contributed by atoms with Gasteiger partial charge in [0.1, 0.15) is 5.60 Å². The molecule has 1 aliphatic rings. The van der Waals surface area contributed by atoms with Crippen LogP contribution < -0.4 is 0 Å². The minimum Gasteiger partial charge on any atom is -0.456 e. The molecule has 26 heavy (non-hydrogen) atoms. The Hall–Kier alpha value is -2.17. The van der Waals surface area contributed by atoms with Crippen LogP contribution in [0, 0.1) is 0 Å². The van der Waals surface area contributed by atoms with Crippen LogP contribution in [0.2, 0.25) is 0 Å². The van der Waals surface area contributed by atoms with E-state index in [2.05, 4.69) is 10.3 Å². The van der Waals surface area contributed by atoms with Gasteiger partial charge in [-0.3, -0.25) is 4.68 Å². The van der Waals surface area contributed by atoms with E-state index in [-0.39, 0.29) is 5.97 Å². The maximum atomic E-state index is 12.2. The highest BCUT2D eigenvalue weighted by molar-refractivity contribution is 5.89. The van der Waals surface area contributed by atoms with Crippen molar-refractivity contribution in [1.82, 2.24) is 15.0 Å². The Bertz CT molecular complexity index is 757. The van der Waals surface area contributed by atoms with Crippen molar-refractivity contribution in [2.45, 2.75) is 70.8 Å². The lowest BCUT2D eigenvalue weighted by atomic mass is 9.87. The number of hydrogen-bond acceptors (Lipinski definition) is 4. The summed E-state index contributed by atoms with van der Waals surface area (Å²) in [5, 5.41) is 8.71. The molecule has 0 spiro atoms. The highest BCUT2D eigenvalue weighted by atomic mass is 16.6. The third-order valence-electron chi connectivity index (χ3n) is 4.90. The number of esters is 1. The number of aryl methyl sites for hydroxylation is 1. The first-order chi connectivity index (χ1) is 12.3. The Morgan fingerprint density at radius 2 is 1.92 bits per heavy atom. The number of fused-ring (bicyclic) bond motifs is 1. The van der Waals surface area contributed by atoms with E-state index >= 15 is 0 Å². The fraction of sp³-hybridized carbons (Fsp3) is 0.571. The van der Waals surface area contributed by atoms with Crippen molar-refractivity contribution >= 4 is 5.97 Å². The normalized spacial score (nSPS) is 17.9. The number of rotatable bonds is 3. The van der Waals surface area contributed by atoms with Gasteiger partial charge in [0.25, 0.3) is 0 Å². The monoisotopic (exact) mass is 355 g/mol. The molecule has 1 heterocycles. The van der Waals surface area contributed by atoms with E-state index in [0.717, 1.165) is 25.0 Å². The number of carbonyl (C=O) groups is 1. The molecule has 0 saturated heterocycles. The summed E-state index contributed by atoms with van der Waals surface area (Å²) in [6.45, 7) is 5.64. The molecule has 1 aliphatic carbocycles. The molecule has 5 heteroatoms. The van der Waals surface area contributed by atoms with Gasteiger partial charge in [0.05, 0.1) is 17.0 Å². The van der Waals surface area contributed by atoms with Crippen LogP contribution in [0.5, 0.6) is 0 Å². The minimum absolute atomic E-state index is 0.272. The molecular weight excluding hydrogens is 326 g/mol. The van der Waals surface area contributed by atoms with Gasteiger partial charge in [-0.25, -0.2) is 4.79 Å². The van der Waals surface area contributed by atoms with Crippen LogP contribution in [0.25, 0.3) is 0 Å². The first-order valence-electron chi connectivity index (χ1n) is 9.54. The van der Waals surface area contributed by atoms with Crippen molar-refractivity contribution in [2.24, 2.45) is 7.05 Å². The van der Waals surface area contributed by atoms with Crippen LogP contribution in [-0.2, 0) is 24.6 Å². The van der Waals surface area contributed by atoms with E-state index in [1.807, 2.05) is 56.8 Å². The predicted molar refractivity (Wildman–Crippen MR) is 101 cm³/mol. The first kappa shape index (κ1) is 18.6. The van der Waals surface area contributed by atoms with Gasteiger partial charge >= 0.3 is 5.97 Å². The van der Waals surface area contributed by atoms with Crippen molar-refractivity contribution in [1.29, 1.82) is 0 Å². The largest absolute Gasteiger partial charge is 0.456 e. The number of benzene rings is 1. The van der Waals surface area contributed by atoms with Gasteiger partial charge in [-0.1, -0.05) is 30.2 Å². The molecule has 2 aromatic rings. The molecule has 0 aliphatic heterocycles. The Morgan fingerprint density at radius 3 is 2.62 bits per heavy atom. The van der Waals surface area contributed by atoms with Crippen LogP contribution >= 0.6 is 0 Å². The molecule has 1 aromatic carbocycles. The standard InChI is InChI=1S/C21H29N3O2/c1-21(2,3)26-20(25)16-12-10-15(11-13-16)14-17-8-6-5-7-9-18-19(17)22-23-24(18)4/h10-13,17H,5-9,14H2,1-4H3. The fourth-order valence-corrected chi connectivity index (χ4v) is 3.59. The van der Waals surface area contributed by atoms with Crippen molar-refractivity contribution in [3.8, 4) is 0 Å². The SMILES string of the molecule is Cn1nnc2c1CCCCCC2Cc1ccc(C(=O)OC(C)(C)C)cc1. The van der Waals surface area contributed by atoms with Gasteiger partial charge in [-0.05, 0) is 64.2 Å². The zero-order valence-corrected chi connectivity index (χ0v) is 16.3. The van der Waals surface area contributed by atoms with Crippen LogP contribution in [-0.4, -0.2) is 26.6 Å². The average molecular weight is 355 g/mol. The number of ether oxygens (including phenoxy) is 1. The topological polar surface area (TPSA) is 57.0 Å². The zero-order valence-electron chi connectivity index (χ0n) is 16.3. The Balaban J connectivity index is 1.74. The van der Waals surface area contributed by atoms with Crippen molar-refractivity contribution in [3.63, 3.8) is 0 Å². The van der Waals surface area contributed by atoms with E-state index in [4.69, 9.17) is 4.74 Å². The van der Waals surface area contributed by atoms with Crippen LogP contribution in [0.1, 0.15) is 79.7 Å². The molecule has 3 rings (SSSR count). The summed E-state index contributed by atoms with van der Waals surface area (Å²) in [4.78, 5) is 12.2. The van der Waals surface area contributed by atoms with Crippen LogP contribution in [0.15, 0.2) is 24.3 Å². The predicted octanol–water partition coefficient (Wildman–Crippen LogP) is 4.21. The van der Waals surface area contributed by atoms with Gasteiger partial charge in [0.2, 0.25) is 0 Å². The second-order valence-corrected chi connectivity index (χ2v) is 8.24. The van der Waals surface area contributed by atoms with E-state index in [9.17, 15) is 4.79 Å². The average Bonchev–Trinajstić information content (AvgIpc) is 2.90. The van der Waals surface area contributed by atoms with Gasteiger partial charge in [-0.2, -0.15) is 0 Å². The Labute approximate surface area is 155 Å². The molecule has 0 fully saturated rings. The van der Waals surface area contributed by atoms with Gasteiger partial charge < -0.3 is 4.74 Å². The van der Waals surface area contributed by atoms with Crippen molar-refractivity contribution in [2.75, 3.05) is 0 Å². The number of nitrogens with zero attached hydrogens (tertiary/aromatic N) is 3. The lowest BCUT2D eigenvalue weighted by Crippen LogP contribution is -2.23. The molecule has 5 nitrogen and oxygen atoms in total. The maximum absolute atomic E-state index is 12.2. The lowest BCUT2D eigenvalue weighted by Gasteiger charge is -2.20. The molecule has 1 unspecified atom stereocenters. The third kappa shape index (κ3) is 4.51. The third-order valence-corrected chi connectivity index (χ3v) is 4.90. The number of hydrogen-bond donors (Lipinski definition) is 0. The molecule has 0 N–H and O–H groups in total. The summed E-state index contributed by atoms with van der Waals surface area (Å²) in [5.41, 5.74) is 3.78. The van der Waals surface area contributed by atoms with E-state index in [1.165, 1.54) is 30.5 Å². The van der Waals surface area contributed by atoms with Crippen LogP contribution in [0.3, 0.4) is 0 Å². The van der Waals surface area contributed by atoms with E-state index in [0.29, 0.717) is 11.5 Å². The maximum Gasteiger partial charge on any atom is 0.338 e. The van der Waals surface area contributed by atoms with Crippen molar-refractivity contribution < 1.29 is 9.53 Å². The molecule has 0 amide bonds. The van der Waals surface area contributed by atoms with E-state index < -0.39 is 5.60 Å². The van der Waals surface area contributed by atoms with Crippen LogP contribution in [0.4, 0.5) is 0 Å². The molecular formula is C21H29N3O2. The van der Waals surface area contributed by atoms with E-state index in [1.54, 1.807) is 0 Å². The molecule has 0 radical (unpaired) electrons. The second-order valence-electron chi connectivity index (χ2n) is 8.24. The Kier molecular flexibility index (Phi) is 5.44. The van der Waals surface area contributed by atoms with Gasteiger partial charge in [-0.15, -0.1) is 5.10 Å². The summed E-state index contributed by atoms with van der Waals surface area (Å²) >= 11 is 0. The van der Waals surface area contributed by atoms with Gasteiger partial charge in [0, 0.05) is 13.0 Å². The number of carbonyl (C=O) groups excluding carboxylic acids is 1. The summed E-state index contributed by atoms with van der Waals surface area (Å²) in [6.07, 6.45) is 6.84. The highest BCUT2D eigenvalue weighted by Crippen LogP contribution is 2.31. The fourth-order valence-electron chi connectivity index (χ4n) is 3.59. The molecule has 1 aromatic heterocycles. The number of aromatic nitrogens is 3. The Morgan fingerprint density at radius 1 is 1.19 bits per heavy atom. The summed E-state index contributed by atoms with van der Waals surface area (Å²) < 4.78 is 7.36. The van der Waals surface area contributed by atoms with Gasteiger partial charge in [0.15, 0.2) is 0 Å². The first-order valence-corrected chi connectivity index (χ1v) is 9.54. The minimum atomic E-state index is -0.475. The zero-order chi connectivity index (χ0) is 18.7. The molecule has 1 atom stereocenters. The highest BCUT2D eigenvalue weighted by Gasteiger charge is 2.23. The molecule has 0 saturated carbocycles. The molecule has 140 valence electrons. The molecule has 0 bridgehead atoms. The second kappa shape index (κ2) is 7.60. The summed E-state index contributed by atoms with van der Waals surface area (Å²) in [7, 11) is 1.99. The lowest BCUT2D eigenvalue weighted by molar-refractivity contribution is 0.00695. The van der Waals surface area contributed by atoms with Crippen molar-refractivity contribution in [3.05, 3.63) is 46.8 Å². The smallest absolute Gasteiger partial charge is 0.338 e.